The van der Waals surface area contributed by atoms with Gasteiger partial charge in [-0.1, -0.05) is 67.7 Å². The van der Waals surface area contributed by atoms with E-state index in [1.54, 1.807) is 0 Å². The summed E-state index contributed by atoms with van der Waals surface area (Å²) in [5, 5.41) is 0. The molecule has 0 radical (unpaired) electrons. The van der Waals surface area contributed by atoms with Gasteiger partial charge in [0.2, 0.25) is 0 Å². The first-order chi connectivity index (χ1) is 12.5. The highest BCUT2D eigenvalue weighted by atomic mass is 16.5. The van der Waals surface area contributed by atoms with Crippen molar-refractivity contribution in [2.45, 2.75) is 87.0 Å². The largest absolute Gasteiger partial charge is 0.462 e. The highest BCUT2D eigenvalue weighted by molar-refractivity contribution is 6.00. The van der Waals surface area contributed by atoms with Crippen LogP contribution in [0, 0.1) is 23.2 Å². The lowest BCUT2D eigenvalue weighted by Crippen LogP contribution is -2.27. The van der Waals surface area contributed by atoms with Gasteiger partial charge in [0.1, 0.15) is 0 Å². The van der Waals surface area contributed by atoms with Gasteiger partial charge in [0, 0.05) is 5.57 Å². The average Bonchev–Trinajstić information content (AvgIpc) is 2.57. The van der Waals surface area contributed by atoms with Crippen molar-refractivity contribution in [2.24, 2.45) is 23.2 Å². The number of carbonyl (C=O) groups is 2. The quantitative estimate of drug-likeness (QED) is 0.400. The second-order valence-corrected chi connectivity index (χ2v) is 9.95. The van der Waals surface area contributed by atoms with E-state index in [0.717, 1.165) is 25.7 Å². The van der Waals surface area contributed by atoms with Gasteiger partial charge in [-0.2, -0.15) is 0 Å². The van der Waals surface area contributed by atoms with E-state index in [1.165, 1.54) is 6.42 Å². The standard InChI is InChI=1S/C23H40O4/c1-16(2)14-26-21(24)19(13-23(5,6)7)20(18-11-9-8-10-12-18)22(25)27-15-17(3)4/h16-18H,8-15H2,1-7H3/b20-19-. The Labute approximate surface area is 166 Å². The molecule has 0 aromatic rings. The molecule has 0 bridgehead atoms. The Hall–Kier alpha value is -1.32. The summed E-state index contributed by atoms with van der Waals surface area (Å²) >= 11 is 0. The van der Waals surface area contributed by atoms with E-state index < -0.39 is 0 Å². The maximum atomic E-state index is 13.0. The third-order valence-electron chi connectivity index (χ3n) is 4.61. The first-order valence-electron chi connectivity index (χ1n) is 10.6. The van der Waals surface area contributed by atoms with Gasteiger partial charge in [-0.05, 0) is 42.4 Å². The first-order valence-corrected chi connectivity index (χ1v) is 10.6. The normalized spacial score (nSPS) is 17.1. The fourth-order valence-electron chi connectivity index (χ4n) is 3.38. The van der Waals surface area contributed by atoms with Crippen LogP contribution in [0.3, 0.4) is 0 Å². The zero-order valence-corrected chi connectivity index (χ0v) is 18.5. The van der Waals surface area contributed by atoms with Crippen LogP contribution in [0.1, 0.15) is 87.0 Å². The summed E-state index contributed by atoms with van der Waals surface area (Å²) in [7, 11) is 0. The second kappa shape index (κ2) is 10.9. The molecule has 0 amide bonds. The molecule has 1 fully saturated rings. The van der Waals surface area contributed by atoms with Gasteiger partial charge < -0.3 is 9.47 Å². The monoisotopic (exact) mass is 380 g/mol. The maximum absolute atomic E-state index is 13.0. The molecule has 0 aliphatic heterocycles. The molecule has 1 saturated carbocycles. The molecule has 0 atom stereocenters. The maximum Gasteiger partial charge on any atom is 0.334 e. The van der Waals surface area contributed by atoms with Crippen molar-refractivity contribution >= 4 is 11.9 Å². The lowest BCUT2D eigenvalue weighted by molar-refractivity contribution is -0.144. The Kier molecular flexibility index (Phi) is 9.55. The molecular weight excluding hydrogens is 340 g/mol. The van der Waals surface area contributed by atoms with E-state index in [0.29, 0.717) is 30.8 Å². The topological polar surface area (TPSA) is 52.6 Å². The van der Waals surface area contributed by atoms with Crippen LogP contribution < -0.4 is 0 Å². The van der Waals surface area contributed by atoms with Crippen molar-refractivity contribution in [1.29, 1.82) is 0 Å². The average molecular weight is 381 g/mol. The summed E-state index contributed by atoms with van der Waals surface area (Å²) in [6.45, 7) is 15.1. The van der Waals surface area contributed by atoms with Crippen molar-refractivity contribution in [2.75, 3.05) is 13.2 Å². The molecule has 1 aliphatic carbocycles. The fraction of sp³-hybridized carbons (Fsp3) is 0.826. The van der Waals surface area contributed by atoms with Crippen LogP contribution in [-0.2, 0) is 19.1 Å². The number of carbonyl (C=O) groups excluding carboxylic acids is 2. The second-order valence-electron chi connectivity index (χ2n) is 9.95. The van der Waals surface area contributed by atoms with E-state index in [9.17, 15) is 9.59 Å². The van der Waals surface area contributed by atoms with Crippen LogP contribution in [0.2, 0.25) is 0 Å². The molecule has 0 heterocycles. The van der Waals surface area contributed by atoms with Gasteiger partial charge in [-0.15, -0.1) is 0 Å². The van der Waals surface area contributed by atoms with Crippen molar-refractivity contribution < 1.29 is 19.1 Å². The molecule has 0 aromatic heterocycles. The Morgan fingerprint density at radius 1 is 0.852 bits per heavy atom. The van der Waals surface area contributed by atoms with Crippen LogP contribution in [0.15, 0.2) is 11.1 Å². The summed E-state index contributed by atoms with van der Waals surface area (Å²) in [6, 6.07) is 0. The van der Waals surface area contributed by atoms with Crippen molar-refractivity contribution in [3.05, 3.63) is 11.1 Å². The zero-order chi connectivity index (χ0) is 20.6. The number of hydrogen-bond donors (Lipinski definition) is 0. The summed E-state index contributed by atoms with van der Waals surface area (Å²) in [5.41, 5.74) is 0.993. The van der Waals surface area contributed by atoms with Crippen LogP contribution in [0.5, 0.6) is 0 Å². The number of ether oxygens (including phenoxy) is 2. The molecular formula is C23H40O4. The van der Waals surface area contributed by atoms with Gasteiger partial charge in [0.05, 0.1) is 18.8 Å². The smallest absolute Gasteiger partial charge is 0.334 e. The first kappa shape index (κ1) is 23.7. The molecule has 4 heteroatoms. The fourth-order valence-corrected chi connectivity index (χ4v) is 3.38. The minimum atomic E-state index is -0.347. The third-order valence-corrected chi connectivity index (χ3v) is 4.61. The molecule has 1 aliphatic rings. The number of esters is 2. The summed E-state index contributed by atoms with van der Waals surface area (Å²) in [6.07, 6.45) is 5.78. The summed E-state index contributed by atoms with van der Waals surface area (Å²) in [5.74, 6) is -0.0456. The van der Waals surface area contributed by atoms with E-state index in [-0.39, 0.29) is 35.1 Å². The molecule has 1 rings (SSSR count). The van der Waals surface area contributed by atoms with E-state index >= 15 is 0 Å². The van der Waals surface area contributed by atoms with Gasteiger partial charge >= 0.3 is 11.9 Å². The molecule has 0 aromatic carbocycles. The highest BCUT2D eigenvalue weighted by Gasteiger charge is 2.33. The van der Waals surface area contributed by atoms with E-state index in [1.807, 2.05) is 27.7 Å². The van der Waals surface area contributed by atoms with Crippen molar-refractivity contribution in [3.63, 3.8) is 0 Å². The van der Waals surface area contributed by atoms with Crippen LogP contribution >= 0.6 is 0 Å². The molecule has 0 saturated heterocycles. The van der Waals surface area contributed by atoms with Gasteiger partial charge in [0.25, 0.3) is 0 Å². The van der Waals surface area contributed by atoms with Gasteiger partial charge in [0.15, 0.2) is 0 Å². The Morgan fingerprint density at radius 3 is 1.78 bits per heavy atom. The van der Waals surface area contributed by atoms with Gasteiger partial charge in [-0.25, -0.2) is 9.59 Å². The van der Waals surface area contributed by atoms with Crippen molar-refractivity contribution in [3.8, 4) is 0 Å². The van der Waals surface area contributed by atoms with E-state index in [4.69, 9.17) is 9.47 Å². The predicted molar refractivity (Wildman–Crippen MR) is 109 cm³/mol. The zero-order valence-electron chi connectivity index (χ0n) is 18.5. The Balaban J connectivity index is 3.28. The van der Waals surface area contributed by atoms with Crippen LogP contribution in [0.25, 0.3) is 0 Å². The highest BCUT2D eigenvalue weighted by Crippen LogP contribution is 2.36. The van der Waals surface area contributed by atoms with Gasteiger partial charge in [-0.3, -0.25) is 0 Å². The molecule has 4 nitrogen and oxygen atoms in total. The SMILES string of the molecule is CC(C)COC(=O)/C(CC(C)(C)C)=C(\C(=O)OCC(C)C)C1CCCCC1. The summed E-state index contributed by atoms with van der Waals surface area (Å²) in [4.78, 5) is 26.0. The number of hydrogen-bond acceptors (Lipinski definition) is 4. The molecule has 0 unspecified atom stereocenters. The Bertz CT molecular complexity index is 517. The van der Waals surface area contributed by atoms with Crippen LogP contribution in [-0.4, -0.2) is 25.2 Å². The summed E-state index contributed by atoms with van der Waals surface area (Å²) < 4.78 is 11.1. The van der Waals surface area contributed by atoms with E-state index in [2.05, 4.69) is 20.8 Å². The van der Waals surface area contributed by atoms with Crippen LogP contribution in [0.4, 0.5) is 0 Å². The molecule has 156 valence electrons. The lowest BCUT2D eigenvalue weighted by Gasteiger charge is -2.28. The lowest BCUT2D eigenvalue weighted by atomic mass is 9.78. The Morgan fingerprint density at radius 2 is 1.33 bits per heavy atom. The predicted octanol–water partition coefficient (Wildman–Crippen LogP) is 5.70. The number of rotatable bonds is 8. The minimum absolute atomic E-state index is 0.0994. The molecule has 27 heavy (non-hydrogen) atoms. The van der Waals surface area contributed by atoms with Crippen molar-refractivity contribution in [1.82, 2.24) is 0 Å². The molecule has 0 spiro atoms. The third kappa shape index (κ3) is 8.94. The molecule has 0 N–H and O–H groups in total. The minimum Gasteiger partial charge on any atom is -0.462 e.